The molecule has 0 fully saturated rings. The van der Waals surface area contributed by atoms with E-state index in [-0.39, 0.29) is 10.8 Å². The van der Waals surface area contributed by atoms with Crippen molar-refractivity contribution in [3.8, 4) is 6.07 Å². The molecule has 0 spiro atoms. The van der Waals surface area contributed by atoms with E-state index < -0.39 is 0 Å². The predicted molar refractivity (Wildman–Crippen MR) is 230 cm³/mol. The third kappa shape index (κ3) is 10.4. The van der Waals surface area contributed by atoms with Gasteiger partial charge in [-0.2, -0.15) is 5.26 Å². The van der Waals surface area contributed by atoms with E-state index in [1.54, 1.807) is 0 Å². The lowest BCUT2D eigenvalue weighted by Crippen LogP contribution is -2.36. The van der Waals surface area contributed by atoms with E-state index in [0.29, 0.717) is 24.9 Å². The number of aliphatic hydroxyl groups excluding tert-OH is 1. The van der Waals surface area contributed by atoms with Crippen LogP contribution in [-0.4, -0.2) is 23.2 Å². The highest BCUT2D eigenvalue weighted by molar-refractivity contribution is 7.99. The Morgan fingerprint density at radius 2 is 0.962 bits per heavy atom. The van der Waals surface area contributed by atoms with Crippen LogP contribution in [0.25, 0.3) is 0 Å². The Morgan fingerprint density at radius 1 is 0.566 bits per heavy atom. The molecular weight excluding hydrogens is 683 g/mol. The van der Waals surface area contributed by atoms with Gasteiger partial charge in [-0.3, -0.25) is 0 Å². The highest BCUT2D eigenvalue weighted by Crippen LogP contribution is 2.53. The second-order valence-corrected chi connectivity index (χ2v) is 18.4. The quantitative estimate of drug-likeness (QED) is 0.131. The highest BCUT2D eigenvalue weighted by Gasteiger charge is 2.42. The summed E-state index contributed by atoms with van der Waals surface area (Å²) >= 11 is 4.05. The molecular formula is C49H63NOS2. The maximum absolute atomic E-state index is 9.02. The van der Waals surface area contributed by atoms with Crippen LogP contribution < -0.4 is 0 Å². The van der Waals surface area contributed by atoms with Gasteiger partial charge in [-0.25, -0.2) is 0 Å². The first-order valence-electron chi connectivity index (χ1n) is 20.2. The molecule has 2 heterocycles. The van der Waals surface area contributed by atoms with Gasteiger partial charge in [0.1, 0.15) is 0 Å². The Balaban J connectivity index is 0.000000204. The third-order valence-electron chi connectivity index (χ3n) is 12.0. The second kappa shape index (κ2) is 19.6. The van der Waals surface area contributed by atoms with Crippen molar-refractivity contribution in [1.82, 2.24) is 0 Å². The molecule has 0 bridgehead atoms. The molecule has 6 rings (SSSR count). The first-order valence-corrected chi connectivity index (χ1v) is 22.1. The van der Waals surface area contributed by atoms with Crippen LogP contribution in [0.2, 0.25) is 0 Å². The van der Waals surface area contributed by atoms with Crippen molar-refractivity contribution in [2.24, 2.45) is 0 Å². The topological polar surface area (TPSA) is 44.0 Å². The summed E-state index contributed by atoms with van der Waals surface area (Å²) in [7, 11) is 0. The Labute approximate surface area is 330 Å². The van der Waals surface area contributed by atoms with Crippen LogP contribution in [0.15, 0.2) is 94.7 Å². The summed E-state index contributed by atoms with van der Waals surface area (Å²) in [4.78, 5) is 2.96. The fourth-order valence-corrected chi connectivity index (χ4v) is 11.5. The minimum absolute atomic E-state index is 0.174. The first-order chi connectivity index (χ1) is 25.6. The van der Waals surface area contributed by atoms with Gasteiger partial charge in [-0.1, -0.05) is 147 Å². The van der Waals surface area contributed by atoms with Crippen LogP contribution >= 0.6 is 23.5 Å². The molecule has 1 N–H and O–H groups in total. The van der Waals surface area contributed by atoms with Crippen molar-refractivity contribution in [1.29, 1.82) is 5.26 Å². The number of hydrogen-bond donors (Lipinski definition) is 1. The van der Waals surface area contributed by atoms with E-state index in [4.69, 9.17) is 10.4 Å². The van der Waals surface area contributed by atoms with Gasteiger partial charge < -0.3 is 5.11 Å². The average Bonchev–Trinajstić information content (AvgIpc) is 3.15. The van der Waals surface area contributed by atoms with Gasteiger partial charge in [-0.05, 0) is 99.6 Å². The Hall–Kier alpha value is -2.97. The zero-order valence-electron chi connectivity index (χ0n) is 33.3. The number of benzene rings is 4. The zero-order chi connectivity index (χ0) is 37.8. The number of rotatable bonds is 14. The van der Waals surface area contributed by atoms with E-state index in [0.717, 1.165) is 30.8 Å². The van der Waals surface area contributed by atoms with E-state index in [1.165, 1.54) is 99.2 Å². The van der Waals surface area contributed by atoms with Gasteiger partial charge in [-0.15, -0.1) is 23.5 Å². The first kappa shape index (κ1) is 41.2. The van der Waals surface area contributed by atoms with Crippen molar-refractivity contribution in [2.45, 2.75) is 145 Å². The smallest absolute Gasteiger partial charge is 0.0621 e. The molecule has 4 aromatic carbocycles. The molecule has 4 atom stereocenters. The number of nitriles is 1. The number of hydrogen-bond acceptors (Lipinski definition) is 4. The maximum Gasteiger partial charge on any atom is 0.0621 e. The van der Waals surface area contributed by atoms with Gasteiger partial charge in [0.05, 0.1) is 6.07 Å². The summed E-state index contributed by atoms with van der Waals surface area (Å²) in [5.41, 5.74) is 11.8. The van der Waals surface area contributed by atoms with Crippen molar-refractivity contribution >= 4 is 23.5 Å². The minimum atomic E-state index is 0.174. The third-order valence-corrected chi connectivity index (χ3v) is 14.9. The Bertz CT molecular complexity index is 1790. The van der Waals surface area contributed by atoms with Crippen molar-refractivity contribution in [3.05, 3.63) is 129 Å². The number of nitrogens with zero attached hydrogens (tertiary/aromatic N) is 1. The lowest BCUT2D eigenvalue weighted by molar-refractivity contribution is 0.281. The molecule has 0 saturated heterocycles. The molecule has 0 amide bonds. The second-order valence-electron chi connectivity index (χ2n) is 16.4. The monoisotopic (exact) mass is 745 g/mol. The SMILES string of the molecule is Cc1ccc(C2(C)CSc3cc(C)ccc3C2CCCCCCC#N)cc1.Cc1ccc(C2(C)CSc3cc(C)ccc3C2CCCCCCO)cc1. The molecule has 2 nitrogen and oxygen atoms in total. The number of thioether (sulfide) groups is 2. The normalized spacial score (nSPS) is 21.8. The van der Waals surface area contributed by atoms with E-state index in [2.05, 4.69) is 133 Å². The lowest BCUT2D eigenvalue weighted by atomic mass is 9.67. The molecule has 4 heteroatoms. The van der Waals surface area contributed by atoms with Crippen LogP contribution in [0.5, 0.6) is 0 Å². The highest BCUT2D eigenvalue weighted by atomic mass is 32.2. The Morgan fingerprint density at radius 3 is 1.38 bits per heavy atom. The van der Waals surface area contributed by atoms with Crippen LogP contribution in [0.1, 0.15) is 141 Å². The molecule has 282 valence electrons. The van der Waals surface area contributed by atoms with Gasteiger partial charge in [0, 0.05) is 45.2 Å². The molecule has 0 aliphatic carbocycles. The molecule has 0 saturated carbocycles. The van der Waals surface area contributed by atoms with Crippen molar-refractivity contribution in [2.75, 3.05) is 18.1 Å². The molecule has 0 radical (unpaired) electrons. The van der Waals surface area contributed by atoms with E-state index in [9.17, 15) is 0 Å². The van der Waals surface area contributed by atoms with Crippen LogP contribution in [0, 0.1) is 39.0 Å². The summed E-state index contributed by atoms with van der Waals surface area (Å²) in [6, 6.07) is 34.7. The minimum Gasteiger partial charge on any atom is -0.396 e. The lowest BCUT2D eigenvalue weighted by Gasteiger charge is -2.43. The average molecular weight is 746 g/mol. The summed E-state index contributed by atoms with van der Waals surface area (Å²) in [5, 5.41) is 17.7. The largest absolute Gasteiger partial charge is 0.396 e. The molecule has 4 aromatic rings. The van der Waals surface area contributed by atoms with Gasteiger partial charge >= 0.3 is 0 Å². The number of fused-ring (bicyclic) bond motifs is 2. The fourth-order valence-electron chi connectivity index (χ4n) is 8.56. The fraction of sp³-hybridized carbons (Fsp3) is 0.490. The van der Waals surface area contributed by atoms with Crippen molar-refractivity contribution < 1.29 is 5.11 Å². The van der Waals surface area contributed by atoms with Crippen LogP contribution in [-0.2, 0) is 10.8 Å². The summed E-state index contributed by atoms with van der Waals surface area (Å²) in [6.07, 6.45) is 12.4. The standard InChI is InChI=1S/C25H31NS.C24H32OS/c1-19-10-13-21(14-11-19)25(3)18-27-24-17-20(2)12-15-22(24)23(25)9-7-5-4-6-8-16-26;1-18-9-12-20(13-10-18)24(3)17-26-23-16-19(2)11-14-21(23)22(24)8-6-4-5-7-15-25/h10-15,17,23H,4-9,18H2,1-3H3;9-14,16,22,25H,4-8,15,17H2,1-3H3. The maximum atomic E-state index is 9.02. The summed E-state index contributed by atoms with van der Waals surface area (Å²) in [5.74, 6) is 3.42. The molecule has 4 unspecified atom stereocenters. The molecule has 2 aliphatic rings. The van der Waals surface area contributed by atoms with E-state index >= 15 is 0 Å². The Kier molecular flexibility index (Phi) is 15.2. The van der Waals surface area contributed by atoms with Gasteiger partial charge in [0.15, 0.2) is 0 Å². The van der Waals surface area contributed by atoms with Gasteiger partial charge in [0.25, 0.3) is 0 Å². The number of aryl methyl sites for hydroxylation is 4. The number of unbranched alkanes of at least 4 members (excludes halogenated alkanes) is 7. The number of aliphatic hydroxyl groups is 1. The molecule has 53 heavy (non-hydrogen) atoms. The van der Waals surface area contributed by atoms with Crippen LogP contribution in [0.4, 0.5) is 0 Å². The molecule has 0 aromatic heterocycles. The van der Waals surface area contributed by atoms with E-state index in [1.807, 2.05) is 23.5 Å². The zero-order valence-corrected chi connectivity index (χ0v) is 35.0. The predicted octanol–water partition coefficient (Wildman–Crippen LogP) is 13.7. The van der Waals surface area contributed by atoms with Gasteiger partial charge in [0.2, 0.25) is 0 Å². The summed E-state index contributed by atoms with van der Waals surface area (Å²) in [6.45, 7) is 14.0. The van der Waals surface area contributed by atoms with Crippen molar-refractivity contribution in [3.63, 3.8) is 0 Å². The summed E-state index contributed by atoms with van der Waals surface area (Å²) < 4.78 is 0. The molecule has 2 aliphatic heterocycles. The van der Waals surface area contributed by atoms with Crippen LogP contribution in [0.3, 0.4) is 0 Å².